The minimum absolute atomic E-state index is 0.493. The van der Waals surface area contributed by atoms with E-state index >= 15 is 0 Å². The third-order valence-corrected chi connectivity index (χ3v) is 4.00. The average molecular weight is 262 g/mol. The summed E-state index contributed by atoms with van der Waals surface area (Å²) < 4.78 is 0. The van der Waals surface area contributed by atoms with Gasteiger partial charge in [0, 0.05) is 12.6 Å². The fraction of sp³-hybridized carbons (Fsp3) is 0.647. The molecule has 0 radical (unpaired) electrons. The van der Waals surface area contributed by atoms with Gasteiger partial charge in [-0.25, -0.2) is 0 Å². The van der Waals surface area contributed by atoms with Crippen molar-refractivity contribution in [2.24, 2.45) is 5.73 Å². The molecular weight excluding hydrogens is 232 g/mol. The van der Waals surface area contributed by atoms with Gasteiger partial charge in [0.15, 0.2) is 0 Å². The predicted molar refractivity (Wildman–Crippen MR) is 84.5 cm³/mol. The van der Waals surface area contributed by atoms with Crippen molar-refractivity contribution in [3.8, 4) is 0 Å². The van der Waals surface area contributed by atoms with Crippen molar-refractivity contribution in [2.45, 2.75) is 51.5 Å². The molecule has 0 aliphatic carbocycles. The third-order valence-electron chi connectivity index (χ3n) is 4.00. The lowest BCUT2D eigenvalue weighted by molar-refractivity contribution is 0.223. The highest BCUT2D eigenvalue weighted by Gasteiger charge is 2.17. The second kappa shape index (κ2) is 9.11. The maximum Gasteiger partial charge on any atom is 0.0221 e. The van der Waals surface area contributed by atoms with E-state index in [0.29, 0.717) is 12.0 Å². The molecule has 0 fully saturated rings. The fourth-order valence-electron chi connectivity index (χ4n) is 2.58. The Bertz CT molecular complexity index is 323. The van der Waals surface area contributed by atoms with Gasteiger partial charge in [-0.15, -0.1) is 0 Å². The summed E-state index contributed by atoms with van der Waals surface area (Å²) in [5.41, 5.74) is 7.38. The van der Waals surface area contributed by atoms with Crippen LogP contribution in [0.2, 0.25) is 0 Å². The second-order valence-electron chi connectivity index (χ2n) is 5.62. The maximum absolute atomic E-state index is 5.96. The zero-order valence-corrected chi connectivity index (χ0v) is 12.8. The fourth-order valence-corrected chi connectivity index (χ4v) is 2.58. The highest BCUT2D eigenvalue weighted by Crippen LogP contribution is 2.22. The molecule has 0 aliphatic heterocycles. The first kappa shape index (κ1) is 16.2. The largest absolute Gasteiger partial charge is 0.329 e. The molecular formula is C17H30N2. The molecule has 2 heteroatoms. The first-order chi connectivity index (χ1) is 9.19. The maximum atomic E-state index is 5.96. The Morgan fingerprint density at radius 2 is 1.84 bits per heavy atom. The van der Waals surface area contributed by atoms with Crippen LogP contribution >= 0.6 is 0 Å². The SMILES string of the molecule is CCCCCN(C)C(CN)CC(C)c1ccccc1. The van der Waals surface area contributed by atoms with E-state index < -0.39 is 0 Å². The molecule has 0 saturated carbocycles. The molecule has 1 aromatic rings. The van der Waals surface area contributed by atoms with Crippen LogP contribution in [-0.2, 0) is 0 Å². The van der Waals surface area contributed by atoms with Crippen molar-refractivity contribution in [3.63, 3.8) is 0 Å². The summed E-state index contributed by atoms with van der Waals surface area (Å²) in [6.45, 7) is 6.47. The van der Waals surface area contributed by atoms with Crippen LogP contribution in [0, 0.1) is 0 Å². The Morgan fingerprint density at radius 3 is 2.42 bits per heavy atom. The van der Waals surface area contributed by atoms with E-state index in [1.165, 1.54) is 24.8 Å². The lowest BCUT2D eigenvalue weighted by atomic mass is 9.93. The Kier molecular flexibility index (Phi) is 7.76. The van der Waals surface area contributed by atoms with E-state index in [2.05, 4.69) is 56.1 Å². The molecule has 0 saturated heterocycles. The molecule has 2 atom stereocenters. The van der Waals surface area contributed by atoms with Crippen molar-refractivity contribution in [1.29, 1.82) is 0 Å². The minimum atomic E-state index is 0.493. The van der Waals surface area contributed by atoms with Crippen molar-refractivity contribution in [1.82, 2.24) is 4.90 Å². The van der Waals surface area contributed by atoms with Crippen molar-refractivity contribution in [2.75, 3.05) is 20.1 Å². The molecule has 0 aromatic heterocycles. The Balaban J connectivity index is 2.47. The molecule has 0 heterocycles. The van der Waals surface area contributed by atoms with E-state index in [-0.39, 0.29) is 0 Å². The Hall–Kier alpha value is -0.860. The Morgan fingerprint density at radius 1 is 1.16 bits per heavy atom. The van der Waals surface area contributed by atoms with Crippen LogP contribution in [-0.4, -0.2) is 31.1 Å². The number of hydrogen-bond donors (Lipinski definition) is 1. The van der Waals surface area contributed by atoms with Crippen LogP contribution in [0.1, 0.15) is 51.0 Å². The van der Waals surface area contributed by atoms with Gasteiger partial charge in [-0.3, -0.25) is 0 Å². The zero-order valence-electron chi connectivity index (χ0n) is 12.8. The van der Waals surface area contributed by atoms with Gasteiger partial charge < -0.3 is 10.6 Å². The highest BCUT2D eigenvalue weighted by molar-refractivity contribution is 5.18. The van der Waals surface area contributed by atoms with Crippen LogP contribution in [0.3, 0.4) is 0 Å². The number of hydrogen-bond acceptors (Lipinski definition) is 2. The molecule has 0 bridgehead atoms. The number of likely N-dealkylation sites (N-methyl/N-ethyl adjacent to an activating group) is 1. The zero-order chi connectivity index (χ0) is 14.1. The lowest BCUT2D eigenvalue weighted by Crippen LogP contribution is -2.39. The quantitative estimate of drug-likeness (QED) is 0.689. The molecule has 2 nitrogen and oxygen atoms in total. The van der Waals surface area contributed by atoms with Gasteiger partial charge in [0.25, 0.3) is 0 Å². The standard InChI is InChI=1S/C17H30N2/c1-4-5-9-12-19(3)17(14-18)13-15(2)16-10-7-6-8-11-16/h6-8,10-11,15,17H,4-5,9,12-14,18H2,1-3H3. The van der Waals surface area contributed by atoms with Crippen molar-refractivity contribution >= 4 is 0 Å². The monoisotopic (exact) mass is 262 g/mol. The number of nitrogens with two attached hydrogens (primary N) is 1. The molecule has 2 N–H and O–H groups in total. The normalized spacial score (nSPS) is 14.6. The molecule has 19 heavy (non-hydrogen) atoms. The summed E-state index contributed by atoms with van der Waals surface area (Å²) in [7, 11) is 2.21. The average Bonchev–Trinajstić information content (AvgIpc) is 2.45. The molecule has 0 aliphatic rings. The highest BCUT2D eigenvalue weighted by atomic mass is 15.1. The number of benzene rings is 1. The van der Waals surface area contributed by atoms with Crippen LogP contribution in [0.25, 0.3) is 0 Å². The Labute approximate surface area is 119 Å². The summed E-state index contributed by atoms with van der Waals surface area (Å²) in [6, 6.07) is 11.2. The topological polar surface area (TPSA) is 29.3 Å². The van der Waals surface area contributed by atoms with E-state index in [1.807, 2.05) is 0 Å². The van der Waals surface area contributed by atoms with Crippen molar-refractivity contribution in [3.05, 3.63) is 35.9 Å². The van der Waals surface area contributed by atoms with Gasteiger partial charge in [-0.05, 0) is 37.9 Å². The van der Waals surface area contributed by atoms with Gasteiger partial charge in [-0.2, -0.15) is 0 Å². The van der Waals surface area contributed by atoms with Gasteiger partial charge >= 0.3 is 0 Å². The second-order valence-corrected chi connectivity index (χ2v) is 5.62. The van der Waals surface area contributed by atoms with Gasteiger partial charge in [0.1, 0.15) is 0 Å². The molecule has 2 unspecified atom stereocenters. The summed E-state index contributed by atoms with van der Waals surface area (Å²) in [4.78, 5) is 2.44. The number of unbranched alkanes of at least 4 members (excludes halogenated alkanes) is 2. The molecule has 1 rings (SSSR count). The first-order valence-corrected chi connectivity index (χ1v) is 7.64. The lowest BCUT2D eigenvalue weighted by Gasteiger charge is -2.29. The van der Waals surface area contributed by atoms with E-state index in [0.717, 1.165) is 19.5 Å². The molecule has 1 aromatic carbocycles. The summed E-state index contributed by atoms with van der Waals surface area (Å²) in [6.07, 6.45) is 5.02. The van der Waals surface area contributed by atoms with E-state index in [9.17, 15) is 0 Å². The molecule has 0 amide bonds. The minimum Gasteiger partial charge on any atom is -0.329 e. The van der Waals surface area contributed by atoms with Gasteiger partial charge in [-0.1, -0.05) is 57.0 Å². The van der Waals surface area contributed by atoms with E-state index in [4.69, 9.17) is 5.73 Å². The first-order valence-electron chi connectivity index (χ1n) is 7.64. The van der Waals surface area contributed by atoms with Crippen LogP contribution in [0.4, 0.5) is 0 Å². The number of rotatable bonds is 9. The van der Waals surface area contributed by atoms with E-state index in [1.54, 1.807) is 0 Å². The molecule has 108 valence electrons. The predicted octanol–water partition coefficient (Wildman–Crippen LogP) is 3.63. The van der Waals surface area contributed by atoms with Crippen molar-refractivity contribution < 1.29 is 0 Å². The van der Waals surface area contributed by atoms with Gasteiger partial charge in [0.2, 0.25) is 0 Å². The number of nitrogens with zero attached hydrogens (tertiary/aromatic N) is 1. The summed E-state index contributed by atoms with van der Waals surface area (Å²) in [5, 5.41) is 0. The van der Waals surface area contributed by atoms with Crippen LogP contribution in [0.5, 0.6) is 0 Å². The summed E-state index contributed by atoms with van der Waals surface area (Å²) in [5.74, 6) is 0.573. The smallest absolute Gasteiger partial charge is 0.0221 e. The summed E-state index contributed by atoms with van der Waals surface area (Å²) >= 11 is 0. The molecule has 0 spiro atoms. The third kappa shape index (κ3) is 5.75. The van der Waals surface area contributed by atoms with Crippen LogP contribution in [0.15, 0.2) is 30.3 Å². The van der Waals surface area contributed by atoms with Crippen LogP contribution < -0.4 is 5.73 Å². The van der Waals surface area contributed by atoms with Gasteiger partial charge in [0.05, 0.1) is 0 Å².